The fraction of sp³-hybridized carbons (Fsp3) is 0.741. The summed E-state index contributed by atoms with van der Waals surface area (Å²) in [5, 5.41) is 0. The van der Waals surface area contributed by atoms with Crippen LogP contribution in [0.3, 0.4) is 0 Å². The Morgan fingerprint density at radius 1 is 1.00 bits per heavy atom. The average molecular weight is 493 g/mol. The van der Waals surface area contributed by atoms with E-state index in [9.17, 15) is 14.4 Å². The van der Waals surface area contributed by atoms with Crippen LogP contribution in [0.1, 0.15) is 94.9 Å². The quantitative estimate of drug-likeness (QED) is 0.134. The zero-order chi connectivity index (χ0) is 26.3. The van der Waals surface area contributed by atoms with Crippen LogP contribution in [0.25, 0.3) is 0 Å². The van der Waals surface area contributed by atoms with Gasteiger partial charge in [0, 0.05) is 26.7 Å². The molecule has 0 saturated carbocycles. The lowest BCUT2D eigenvalue weighted by Gasteiger charge is -2.45. The number of ketones is 2. The first-order chi connectivity index (χ1) is 15.6. The number of hydrogen-bond acceptors (Lipinski definition) is 6. The molecule has 0 amide bonds. The molecule has 0 aromatic rings. The normalized spacial score (nSPS) is 17.4. The van der Waals surface area contributed by atoms with Gasteiger partial charge in [-0.25, -0.2) is 4.79 Å². The number of carbonyl (C=O) groups excluding carboxylic acids is 3. The second kappa shape index (κ2) is 12.7. The van der Waals surface area contributed by atoms with Crippen LogP contribution >= 0.6 is 0 Å². The first-order valence-electron chi connectivity index (χ1n) is 12.4. The van der Waals surface area contributed by atoms with Gasteiger partial charge in [-0.15, -0.1) is 11.8 Å². The number of hydrogen-bond donors (Lipinski definition) is 0. The summed E-state index contributed by atoms with van der Waals surface area (Å²) in [5.41, 5.74) is 1.15. The van der Waals surface area contributed by atoms with Crippen LogP contribution in [-0.4, -0.2) is 37.7 Å². The van der Waals surface area contributed by atoms with Gasteiger partial charge in [-0.05, 0) is 29.5 Å². The lowest BCUT2D eigenvalue weighted by molar-refractivity contribution is -0.205. The number of carbonyl (C=O) groups is 3. The van der Waals surface area contributed by atoms with Crippen molar-refractivity contribution in [1.29, 1.82) is 0 Å². The lowest BCUT2D eigenvalue weighted by Crippen LogP contribution is -2.51. The van der Waals surface area contributed by atoms with Gasteiger partial charge in [0.05, 0.1) is 25.0 Å². The fourth-order valence-electron chi connectivity index (χ4n) is 5.05. The van der Waals surface area contributed by atoms with Gasteiger partial charge in [-0.2, -0.15) is 0 Å². The first-order valence-corrected chi connectivity index (χ1v) is 14.5. The number of cyclic esters (lactones) is 1. The van der Waals surface area contributed by atoms with Crippen molar-refractivity contribution in [2.75, 3.05) is 0 Å². The highest BCUT2D eigenvalue weighted by Crippen LogP contribution is 2.44. The predicted molar refractivity (Wildman–Crippen MR) is 136 cm³/mol. The number of rotatable bonds is 13. The van der Waals surface area contributed by atoms with E-state index < -0.39 is 20.1 Å². The van der Waals surface area contributed by atoms with Crippen LogP contribution in [0.15, 0.2) is 11.8 Å². The fourth-order valence-corrected chi connectivity index (χ4v) is 10.7. The zero-order valence-electron chi connectivity index (χ0n) is 22.7. The maximum atomic E-state index is 13.0. The molecular weight excluding hydrogens is 448 g/mol. The summed E-state index contributed by atoms with van der Waals surface area (Å²) in [7, 11) is -2.22. The third kappa shape index (κ3) is 8.39. The van der Waals surface area contributed by atoms with Crippen molar-refractivity contribution in [1.82, 2.24) is 0 Å². The summed E-state index contributed by atoms with van der Waals surface area (Å²) in [6.07, 6.45) is 1.35. The summed E-state index contributed by atoms with van der Waals surface area (Å²) in [4.78, 5) is 37.3. The van der Waals surface area contributed by atoms with E-state index in [0.717, 1.165) is 0 Å². The monoisotopic (exact) mass is 492 g/mol. The van der Waals surface area contributed by atoms with E-state index in [1.54, 1.807) is 20.8 Å². The predicted octanol–water partition coefficient (Wildman–Crippen LogP) is 6.10. The lowest BCUT2D eigenvalue weighted by atomic mass is 9.95. The van der Waals surface area contributed by atoms with Crippen molar-refractivity contribution >= 4 is 25.9 Å². The van der Waals surface area contributed by atoms with Gasteiger partial charge >= 0.3 is 5.97 Å². The van der Waals surface area contributed by atoms with E-state index in [1.807, 2.05) is 0 Å². The van der Waals surface area contributed by atoms with E-state index in [1.165, 1.54) is 6.08 Å². The minimum Gasteiger partial charge on any atom is -0.456 e. The molecular formula is C27H44O6Si. The Morgan fingerprint density at radius 2 is 1.56 bits per heavy atom. The standard InChI is InChI=1S/C27H44O6Si/c1-11-12-13-21(8)25(33-34(18(2)3,19(4)5)20(6)7)16-23(29)14-22(28)15-24-17-26(30)32-27(9,10)31-24/h17-21,25H,13-16H2,1-10H3/t21-,25+/m0/s1. The Labute approximate surface area is 207 Å². The molecule has 192 valence electrons. The second-order valence-electron chi connectivity index (χ2n) is 10.8. The molecule has 0 saturated heterocycles. The Balaban J connectivity index is 3.00. The van der Waals surface area contributed by atoms with Crippen molar-refractivity contribution in [2.45, 2.75) is 123 Å². The topological polar surface area (TPSA) is 78.9 Å². The van der Waals surface area contributed by atoms with Gasteiger partial charge in [-0.1, -0.05) is 48.5 Å². The van der Waals surface area contributed by atoms with E-state index in [-0.39, 0.29) is 48.6 Å². The molecule has 0 aromatic heterocycles. The summed E-state index contributed by atoms with van der Waals surface area (Å²) in [5.74, 6) is 4.21. The maximum absolute atomic E-state index is 13.0. The molecule has 1 heterocycles. The highest BCUT2D eigenvalue weighted by atomic mass is 28.4. The molecule has 0 unspecified atom stereocenters. The van der Waals surface area contributed by atoms with Crippen molar-refractivity contribution in [3.63, 3.8) is 0 Å². The Bertz CT molecular complexity index is 806. The Kier molecular flexibility index (Phi) is 11.2. The third-order valence-electron chi connectivity index (χ3n) is 6.49. The molecule has 0 spiro atoms. The molecule has 0 N–H and O–H groups in total. The minimum absolute atomic E-state index is 0.0644. The molecule has 1 rings (SSSR count). The molecule has 0 fully saturated rings. The summed E-state index contributed by atoms with van der Waals surface area (Å²) in [6.45, 7) is 20.4. The van der Waals surface area contributed by atoms with E-state index in [2.05, 4.69) is 60.3 Å². The van der Waals surface area contributed by atoms with Gasteiger partial charge in [0.2, 0.25) is 14.1 Å². The van der Waals surface area contributed by atoms with Gasteiger partial charge < -0.3 is 13.9 Å². The Hall–Kier alpha value is -1.91. The van der Waals surface area contributed by atoms with Gasteiger partial charge in [0.25, 0.3) is 0 Å². The first kappa shape index (κ1) is 30.1. The second-order valence-corrected chi connectivity index (χ2v) is 16.2. The van der Waals surface area contributed by atoms with Gasteiger partial charge in [0.15, 0.2) is 0 Å². The number of allylic oxidation sites excluding steroid dienone is 1. The highest BCUT2D eigenvalue weighted by Gasteiger charge is 2.47. The molecule has 7 heteroatoms. The van der Waals surface area contributed by atoms with Crippen molar-refractivity contribution in [3.05, 3.63) is 11.8 Å². The van der Waals surface area contributed by atoms with Gasteiger partial charge in [0.1, 0.15) is 17.3 Å². The highest BCUT2D eigenvalue weighted by molar-refractivity contribution is 6.77. The smallest absolute Gasteiger partial charge is 0.337 e. The molecule has 0 aromatic carbocycles. The van der Waals surface area contributed by atoms with Crippen molar-refractivity contribution in [3.8, 4) is 11.8 Å². The summed E-state index contributed by atoms with van der Waals surface area (Å²) in [6, 6.07) is 0. The summed E-state index contributed by atoms with van der Waals surface area (Å²) >= 11 is 0. The molecule has 1 aliphatic heterocycles. The Morgan fingerprint density at radius 3 is 2.03 bits per heavy atom. The molecule has 0 bridgehead atoms. The molecule has 6 nitrogen and oxygen atoms in total. The largest absolute Gasteiger partial charge is 0.456 e. The molecule has 0 aliphatic carbocycles. The SMILES string of the molecule is CC#CC[C@H](C)[C@@H](CC(=O)CC(=O)CC1=CC(=O)OC(C)(C)O1)O[Si](C(C)C)(C(C)C)C(C)C. The van der Waals surface area contributed by atoms with Crippen LogP contribution in [-0.2, 0) is 28.3 Å². The molecule has 2 atom stereocenters. The third-order valence-corrected chi connectivity index (χ3v) is 12.6. The average Bonchev–Trinajstić information content (AvgIpc) is 2.66. The van der Waals surface area contributed by atoms with Crippen LogP contribution in [0, 0.1) is 17.8 Å². The van der Waals surface area contributed by atoms with Crippen molar-refractivity contribution < 1.29 is 28.3 Å². The number of esters is 1. The molecule has 34 heavy (non-hydrogen) atoms. The zero-order valence-corrected chi connectivity index (χ0v) is 23.7. The van der Waals surface area contributed by atoms with E-state index in [0.29, 0.717) is 23.0 Å². The molecule has 0 radical (unpaired) electrons. The van der Waals surface area contributed by atoms with E-state index >= 15 is 0 Å². The van der Waals surface area contributed by atoms with Crippen LogP contribution in [0.5, 0.6) is 0 Å². The maximum Gasteiger partial charge on any atom is 0.337 e. The minimum atomic E-state index is -2.22. The number of ether oxygens (including phenoxy) is 2. The van der Waals surface area contributed by atoms with Crippen LogP contribution in [0.4, 0.5) is 0 Å². The van der Waals surface area contributed by atoms with E-state index in [4.69, 9.17) is 13.9 Å². The summed E-state index contributed by atoms with van der Waals surface area (Å²) < 4.78 is 17.6. The van der Waals surface area contributed by atoms with Gasteiger partial charge in [-0.3, -0.25) is 9.59 Å². The number of Topliss-reactive ketones (excluding diaryl/α,β-unsaturated/α-hetero) is 2. The van der Waals surface area contributed by atoms with Crippen molar-refractivity contribution in [2.24, 2.45) is 5.92 Å². The molecule has 1 aliphatic rings. The van der Waals surface area contributed by atoms with Crippen LogP contribution in [0.2, 0.25) is 16.6 Å². The van der Waals surface area contributed by atoms with Crippen LogP contribution < -0.4 is 0 Å².